The Kier molecular flexibility index (Phi) is 4.62. The fraction of sp³-hybridized carbons (Fsp3) is 0.667. The second-order valence-corrected chi connectivity index (χ2v) is 5.08. The van der Waals surface area contributed by atoms with Crippen LogP contribution in [0.4, 0.5) is 5.82 Å². The molecule has 1 saturated heterocycles. The smallest absolute Gasteiger partial charge is 0.133 e. The number of aromatic nitrogens is 2. The zero-order chi connectivity index (χ0) is 12.1. The molecule has 1 fully saturated rings. The molecule has 0 spiro atoms. The molecule has 1 atom stereocenters. The predicted molar refractivity (Wildman–Crippen MR) is 72.7 cm³/mol. The van der Waals surface area contributed by atoms with E-state index in [0.717, 1.165) is 30.5 Å². The fourth-order valence-corrected chi connectivity index (χ4v) is 2.55. The molecule has 17 heavy (non-hydrogen) atoms. The van der Waals surface area contributed by atoms with E-state index in [4.69, 9.17) is 0 Å². The highest BCUT2D eigenvalue weighted by Crippen LogP contribution is 2.18. The van der Waals surface area contributed by atoms with Crippen LogP contribution in [-0.4, -0.2) is 41.9 Å². The van der Waals surface area contributed by atoms with Crippen LogP contribution in [0, 0.1) is 0 Å². The van der Waals surface area contributed by atoms with E-state index in [1.54, 1.807) is 18.1 Å². The summed E-state index contributed by atoms with van der Waals surface area (Å²) in [5.41, 5.74) is 0. The summed E-state index contributed by atoms with van der Waals surface area (Å²) < 4.78 is 0. The van der Waals surface area contributed by atoms with Crippen LogP contribution in [0.3, 0.4) is 0 Å². The lowest BCUT2D eigenvalue weighted by molar-refractivity contribution is 0.583. The molecule has 94 valence electrons. The minimum Gasteiger partial charge on any atom is -0.355 e. The molecule has 0 saturated carbocycles. The Balaban J connectivity index is 2.04. The van der Waals surface area contributed by atoms with Crippen molar-refractivity contribution in [2.24, 2.45) is 0 Å². The molecular formula is C12H20N4S. The zero-order valence-corrected chi connectivity index (χ0v) is 11.3. The van der Waals surface area contributed by atoms with Gasteiger partial charge >= 0.3 is 0 Å². The minimum absolute atomic E-state index is 0.614. The lowest BCUT2D eigenvalue weighted by Gasteiger charge is -2.25. The Morgan fingerprint density at radius 1 is 1.53 bits per heavy atom. The largest absolute Gasteiger partial charge is 0.355 e. The van der Waals surface area contributed by atoms with Gasteiger partial charge in [0.1, 0.15) is 17.2 Å². The van der Waals surface area contributed by atoms with E-state index in [9.17, 15) is 0 Å². The monoisotopic (exact) mass is 252 g/mol. The van der Waals surface area contributed by atoms with E-state index in [1.165, 1.54) is 12.8 Å². The topological polar surface area (TPSA) is 41.0 Å². The van der Waals surface area contributed by atoms with E-state index < -0.39 is 0 Å². The first-order chi connectivity index (χ1) is 8.33. The number of likely N-dealkylation sites (N-methyl/N-ethyl adjacent to an activating group) is 1. The molecular weight excluding hydrogens is 232 g/mol. The lowest BCUT2D eigenvalue weighted by Crippen LogP contribution is -2.38. The standard InChI is InChI=1S/C12H20N4S/c1-3-16(8-10-5-4-6-13-10)11-7-12(17-2)15-9-14-11/h7,9-10,13H,3-6,8H2,1-2H3. The number of nitrogens with one attached hydrogen (secondary N) is 1. The number of thioether (sulfide) groups is 1. The summed E-state index contributed by atoms with van der Waals surface area (Å²) >= 11 is 1.66. The molecule has 1 aromatic heterocycles. The van der Waals surface area contributed by atoms with Gasteiger partial charge in [-0.05, 0) is 32.6 Å². The van der Waals surface area contributed by atoms with Gasteiger partial charge < -0.3 is 10.2 Å². The molecule has 1 N–H and O–H groups in total. The van der Waals surface area contributed by atoms with Gasteiger partial charge in [0.25, 0.3) is 0 Å². The summed E-state index contributed by atoms with van der Waals surface area (Å²) in [7, 11) is 0. The highest BCUT2D eigenvalue weighted by molar-refractivity contribution is 7.98. The second-order valence-electron chi connectivity index (χ2n) is 4.25. The first-order valence-corrected chi connectivity index (χ1v) is 7.40. The average Bonchev–Trinajstić information content (AvgIpc) is 2.89. The van der Waals surface area contributed by atoms with Crippen LogP contribution < -0.4 is 10.2 Å². The maximum Gasteiger partial charge on any atom is 0.133 e. The van der Waals surface area contributed by atoms with Gasteiger partial charge in [-0.2, -0.15) is 0 Å². The third-order valence-corrected chi connectivity index (χ3v) is 3.79. The normalized spacial score (nSPS) is 19.5. The van der Waals surface area contributed by atoms with Crippen LogP contribution in [0.1, 0.15) is 19.8 Å². The number of rotatable bonds is 5. The van der Waals surface area contributed by atoms with Crippen molar-refractivity contribution in [1.82, 2.24) is 15.3 Å². The van der Waals surface area contributed by atoms with Crippen molar-refractivity contribution in [2.75, 3.05) is 30.8 Å². The van der Waals surface area contributed by atoms with Crippen molar-refractivity contribution in [3.05, 3.63) is 12.4 Å². The summed E-state index contributed by atoms with van der Waals surface area (Å²) in [6.07, 6.45) is 6.27. The van der Waals surface area contributed by atoms with Crippen molar-refractivity contribution in [2.45, 2.75) is 30.8 Å². The van der Waals surface area contributed by atoms with Crippen molar-refractivity contribution >= 4 is 17.6 Å². The Hall–Kier alpha value is -0.810. The lowest BCUT2D eigenvalue weighted by atomic mass is 10.2. The summed E-state index contributed by atoms with van der Waals surface area (Å²) in [4.78, 5) is 10.9. The van der Waals surface area contributed by atoms with Gasteiger partial charge in [-0.25, -0.2) is 9.97 Å². The molecule has 0 aromatic carbocycles. The molecule has 0 aliphatic carbocycles. The quantitative estimate of drug-likeness (QED) is 0.639. The van der Waals surface area contributed by atoms with Crippen LogP contribution in [0.25, 0.3) is 0 Å². The number of hydrogen-bond acceptors (Lipinski definition) is 5. The van der Waals surface area contributed by atoms with E-state index in [1.807, 2.05) is 6.26 Å². The van der Waals surface area contributed by atoms with Gasteiger partial charge in [0.15, 0.2) is 0 Å². The van der Waals surface area contributed by atoms with Gasteiger partial charge in [-0.15, -0.1) is 11.8 Å². The van der Waals surface area contributed by atoms with Crippen LogP contribution in [0.15, 0.2) is 17.4 Å². The van der Waals surface area contributed by atoms with Crippen molar-refractivity contribution < 1.29 is 0 Å². The molecule has 0 radical (unpaired) electrons. The average molecular weight is 252 g/mol. The Labute approximate surface area is 107 Å². The van der Waals surface area contributed by atoms with E-state index in [0.29, 0.717) is 6.04 Å². The molecule has 1 aliphatic rings. The van der Waals surface area contributed by atoms with E-state index in [-0.39, 0.29) is 0 Å². The Bertz CT molecular complexity index is 352. The highest BCUT2D eigenvalue weighted by Gasteiger charge is 2.18. The number of nitrogens with zero attached hydrogens (tertiary/aromatic N) is 3. The summed E-state index contributed by atoms with van der Waals surface area (Å²) in [5, 5.41) is 4.56. The van der Waals surface area contributed by atoms with Gasteiger partial charge in [-0.1, -0.05) is 0 Å². The van der Waals surface area contributed by atoms with Crippen LogP contribution in [0.5, 0.6) is 0 Å². The molecule has 1 aromatic rings. The van der Waals surface area contributed by atoms with E-state index in [2.05, 4.69) is 33.2 Å². The highest BCUT2D eigenvalue weighted by atomic mass is 32.2. The third-order valence-electron chi connectivity index (χ3n) is 3.15. The minimum atomic E-state index is 0.614. The van der Waals surface area contributed by atoms with Crippen LogP contribution in [0.2, 0.25) is 0 Å². The summed E-state index contributed by atoms with van der Waals surface area (Å²) in [6.45, 7) is 5.36. The summed E-state index contributed by atoms with van der Waals surface area (Å²) in [5.74, 6) is 1.04. The van der Waals surface area contributed by atoms with Crippen molar-refractivity contribution in [3.63, 3.8) is 0 Å². The molecule has 2 heterocycles. The predicted octanol–water partition coefficient (Wildman–Crippen LogP) is 1.78. The van der Waals surface area contributed by atoms with Gasteiger partial charge in [0.05, 0.1) is 0 Å². The first-order valence-electron chi connectivity index (χ1n) is 6.18. The molecule has 0 bridgehead atoms. The number of hydrogen-bond donors (Lipinski definition) is 1. The Morgan fingerprint density at radius 3 is 3.06 bits per heavy atom. The molecule has 0 amide bonds. The first kappa shape index (κ1) is 12.6. The fourth-order valence-electron chi connectivity index (χ4n) is 2.18. The van der Waals surface area contributed by atoms with Gasteiger partial charge in [-0.3, -0.25) is 0 Å². The molecule has 1 unspecified atom stereocenters. The van der Waals surface area contributed by atoms with Crippen molar-refractivity contribution in [3.8, 4) is 0 Å². The number of anilines is 1. The summed E-state index contributed by atoms with van der Waals surface area (Å²) in [6, 6.07) is 2.69. The maximum atomic E-state index is 4.37. The molecule has 4 nitrogen and oxygen atoms in total. The molecule has 5 heteroatoms. The van der Waals surface area contributed by atoms with Crippen LogP contribution >= 0.6 is 11.8 Å². The maximum absolute atomic E-state index is 4.37. The van der Waals surface area contributed by atoms with Gasteiger partial charge in [0, 0.05) is 25.2 Å². The molecule has 2 rings (SSSR count). The third kappa shape index (κ3) is 3.33. The van der Waals surface area contributed by atoms with E-state index >= 15 is 0 Å². The van der Waals surface area contributed by atoms with Gasteiger partial charge in [0.2, 0.25) is 0 Å². The zero-order valence-electron chi connectivity index (χ0n) is 10.5. The van der Waals surface area contributed by atoms with Crippen molar-refractivity contribution in [1.29, 1.82) is 0 Å². The Morgan fingerprint density at radius 2 is 2.41 bits per heavy atom. The second kappa shape index (κ2) is 6.21. The SMILES string of the molecule is CCN(CC1CCCN1)c1cc(SC)ncn1. The van der Waals surface area contributed by atoms with Crippen LogP contribution in [-0.2, 0) is 0 Å². The molecule has 1 aliphatic heterocycles.